The van der Waals surface area contributed by atoms with Gasteiger partial charge in [0, 0.05) is 25.7 Å². The summed E-state index contributed by atoms with van der Waals surface area (Å²) in [6, 6.07) is 7.11. The maximum atomic E-state index is 13.8. The number of halogens is 1. The molecule has 1 aromatic carbocycles. The molecule has 2 aromatic rings. The first kappa shape index (κ1) is 14.7. The molecule has 0 fully saturated rings. The Bertz CT molecular complexity index is 538. The minimum Gasteiger partial charge on any atom is -0.313 e. The number of nitrogens with zero attached hydrogens (tertiary/aromatic N) is 3. The van der Waals surface area contributed by atoms with Crippen molar-refractivity contribution in [1.82, 2.24) is 20.3 Å². The molecule has 1 atom stereocenters. The molecule has 0 aliphatic rings. The topological polar surface area (TPSA) is 42.7 Å². The van der Waals surface area contributed by atoms with Crippen LogP contribution in [-0.2, 0) is 19.9 Å². The molecule has 0 spiro atoms. The van der Waals surface area contributed by atoms with Crippen LogP contribution in [0.1, 0.15) is 24.6 Å². The molecule has 0 saturated heterocycles. The van der Waals surface area contributed by atoms with Crippen LogP contribution in [0, 0.1) is 5.82 Å². The van der Waals surface area contributed by atoms with Gasteiger partial charge in [0.05, 0.1) is 5.69 Å². The van der Waals surface area contributed by atoms with E-state index in [1.54, 1.807) is 10.7 Å². The summed E-state index contributed by atoms with van der Waals surface area (Å²) in [5.74, 6) is -0.144. The number of hydrogen-bond donors (Lipinski definition) is 1. The van der Waals surface area contributed by atoms with E-state index in [2.05, 4.69) is 22.6 Å². The summed E-state index contributed by atoms with van der Waals surface area (Å²) in [5, 5.41) is 11.5. The van der Waals surface area contributed by atoms with Gasteiger partial charge in [-0.25, -0.2) is 4.39 Å². The predicted molar refractivity (Wildman–Crippen MR) is 76.9 cm³/mol. The minimum absolute atomic E-state index is 0.144. The smallest absolute Gasteiger partial charge is 0.126 e. The molecule has 0 saturated carbocycles. The zero-order valence-electron chi connectivity index (χ0n) is 12.0. The summed E-state index contributed by atoms with van der Waals surface area (Å²) in [5.41, 5.74) is 1.67. The molecule has 0 amide bonds. The van der Waals surface area contributed by atoms with Crippen molar-refractivity contribution in [1.29, 1.82) is 0 Å². The molecular weight excluding hydrogens is 255 g/mol. The molecule has 1 heterocycles. The first-order valence-electron chi connectivity index (χ1n) is 7.01. The first-order chi connectivity index (χ1) is 9.69. The highest BCUT2D eigenvalue weighted by atomic mass is 19.1. The van der Waals surface area contributed by atoms with E-state index >= 15 is 0 Å². The number of aryl methyl sites for hydroxylation is 1. The monoisotopic (exact) mass is 276 g/mol. The largest absolute Gasteiger partial charge is 0.313 e. The third kappa shape index (κ3) is 4.13. The third-order valence-electron chi connectivity index (χ3n) is 3.21. The molecule has 20 heavy (non-hydrogen) atoms. The predicted octanol–water partition coefficient (Wildman–Crippen LogP) is 2.11. The number of nitrogens with one attached hydrogen (secondary N) is 1. The van der Waals surface area contributed by atoms with Crippen LogP contribution >= 0.6 is 0 Å². The lowest BCUT2D eigenvalue weighted by Crippen LogP contribution is -2.34. The Hall–Kier alpha value is -1.75. The summed E-state index contributed by atoms with van der Waals surface area (Å²) in [6.45, 7) is 3.04. The van der Waals surface area contributed by atoms with Crippen molar-refractivity contribution in [3.8, 4) is 0 Å². The minimum atomic E-state index is -0.144. The highest BCUT2D eigenvalue weighted by Gasteiger charge is 2.14. The van der Waals surface area contributed by atoms with Gasteiger partial charge in [0.1, 0.15) is 5.82 Å². The molecule has 2 rings (SSSR count). The molecule has 5 heteroatoms. The van der Waals surface area contributed by atoms with Gasteiger partial charge in [-0.1, -0.05) is 30.3 Å². The second-order valence-corrected chi connectivity index (χ2v) is 5.03. The van der Waals surface area contributed by atoms with Crippen LogP contribution in [0.3, 0.4) is 0 Å². The molecule has 0 radical (unpaired) electrons. The van der Waals surface area contributed by atoms with Crippen LogP contribution in [0.15, 0.2) is 30.5 Å². The Morgan fingerprint density at radius 2 is 2.10 bits per heavy atom. The lowest BCUT2D eigenvalue weighted by Gasteiger charge is -2.17. The van der Waals surface area contributed by atoms with Crippen molar-refractivity contribution in [2.24, 2.45) is 7.05 Å². The molecule has 4 nitrogen and oxygen atoms in total. The van der Waals surface area contributed by atoms with Crippen molar-refractivity contribution >= 4 is 0 Å². The summed E-state index contributed by atoms with van der Waals surface area (Å²) in [7, 11) is 1.85. The van der Waals surface area contributed by atoms with Gasteiger partial charge in [0.15, 0.2) is 0 Å². The van der Waals surface area contributed by atoms with E-state index < -0.39 is 0 Å². The number of hydrogen-bond acceptors (Lipinski definition) is 3. The molecule has 0 bridgehead atoms. The van der Waals surface area contributed by atoms with Gasteiger partial charge in [-0.15, -0.1) is 5.10 Å². The van der Waals surface area contributed by atoms with E-state index in [0.717, 1.165) is 30.6 Å². The van der Waals surface area contributed by atoms with E-state index in [4.69, 9.17) is 0 Å². The van der Waals surface area contributed by atoms with Gasteiger partial charge in [-0.05, 0) is 31.0 Å². The van der Waals surface area contributed by atoms with Crippen molar-refractivity contribution in [2.75, 3.05) is 6.54 Å². The third-order valence-corrected chi connectivity index (χ3v) is 3.21. The van der Waals surface area contributed by atoms with Gasteiger partial charge >= 0.3 is 0 Å². The van der Waals surface area contributed by atoms with Crippen LogP contribution in [0.5, 0.6) is 0 Å². The fraction of sp³-hybridized carbons (Fsp3) is 0.467. The van der Waals surface area contributed by atoms with E-state index in [1.165, 1.54) is 6.07 Å². The molecule has 0 aliphatic carbocycles. The lowest BCUT2D eigenvalue weighted by molar-refractivity contribution is 0.488. The van der Waals surface area contributed by atoms with Gasteiger partial charge in [-0.2, -0.15) is 0 Å². The van der Waals surface area contributed by atoms with Crippen molar-refractivity contribution in [3.63, 3.8) is 0 Å². The molecule has 108 valence electrons. The maximum Gasteiger partial charge on any atom is 0.126 e. The quantitative estimate of drug-likeness (QED) is 0.842. The van der Waals surface area contributed by atoms with Gasteiger partial charge < -0.3 is 5.32 Å². The Morgan fingerprint density at radius 1 is 1.30 bits per heavy atom. The molecule has 1 N–H and O–H groups in total. The van der Waals surface area contributed by atoms with Crippen molar-refractivity contribution in [2.45, 2.75) is 32.2 Å². The highest BCUT2D eigenvalue weighted by molar-refractivity contribution is 5.19. The van der Waals surface area contributed by atoms with Crippen LogP contribution in [0.4, 0.5) is 4.39 Å². The van der Waals surface area contributed by atoms with E-state index in [-0.39, 0.29) is 11.9 Å². The van der Waals surface area contributed by atoms with Gasteiger partial charge in [0.2, 0.25) is 0 Å². The zero-order valence-corrected chi connectivity index (χ0v) is 12.0. The molecule has 1 unspecified atom stereocenters. The first-order valence-corrected chi connectivity index (χ1v) is 7.01. The number of rotatable bonds is 7. The standard InChI is InChI=1S/C15H21FN4/c1-3-8-17-13(10-14-11-20(2)19-18-14)9-12-6-4-5-7-15(12)16/h4-7,11,13,17H,3,8-10H2,1-2H3. The normalized spacial score (nSPS) is 12.6. The Balaban J connectivity index is 2.05. The van der Waals surface area contributed by atoms with Crippen molar-refractivity contribution in [3.05, 3.63) is 47.5 Å². The van der Waals surface area contributed by atoms with Gasteiger partial charge in [0.25, 0.3) is 0 Å². The molecular formula is C15H21FN4. The van der Waals surface area contributed by atoms with Crippen LogP contribution in [0.2, 0.25) is 0 Å². The molecule has 1 aromatic heterocycles. The summed E-state index contributed by atoms with van der Waals surface area (Å²) < 4.78 is 15.4. The second-order valence-electron chi connectivity index (χ2n) is 5.03. The maximum absolute atomic E-state index is 13.8. The molecule has 0 aliphatic heterocycles. The average molecular weight is 276 g/mol. The van der Waals surface area contributed by atoms with Crippen LogP contribution in [-0.4, -0.2) is 27.6 Å². The summed E-state index contributed by atoms with van der Waals surface area (Å²) in [6.07, 6.45) is 4.36. The Labute approximate surface area is 119 Å². The average Bonchev–Trinajstić information content (AvgIpc) is 2.84. The number of aromatic nitrogens is 3. The Kier molecular flexibility index (Phi) is 5.24. The lowest BCUT2D eigenvalue weighted by atomic mass is 10.0. The second kappa shape index (κ2) is 7.14. The van der Waals surface area contributed by atoms with E-state index in [1.807, 2.05) is 25.4 Å². The SMILES string of the molecule is CCCNC(Cc1cn(C)nn1)Cc1ccccc1F. The fourth-order valence-corrected chi connectivity index (χ4v) is 2.24. The summed E-state index contributed by atoms with van der Waals surface area (Å²) >= 11 is 0. The van der Waals surface area contributed by atoms with Crippen molar-refractivity contribution < 1.29 is 4.39 Å². The highest BCUT2D eigenvalue weighted by Crippen LogP contribution is 2.11. The Morgan fingerprint density at radius 3 is 2.75 bits per heavy atom. The van der Waals surface area contributed by atoms with Crippen LogP contribution in [0.25, 0.3) is 0 Å². The zero-order chi connectivity index (χ0) is 14.4. The van der Waals surface area contributed by atoms with E-state index in [0.29, 0.717) is 6.42 Å². The van der Waals surface area contributed by atoms with E-state index in [9.17, 15) is 4.39 Å². The number of benzene rings is 1. The van der Waals surface area contributed by atoms with Crippen LogP contribution < -0.4 is 5.32 Å². The van der Waals surface area contributed by atoms with Gasteiger partial charge in [-0.3, -0.25) is 4.68 Å². The fourth-order valence-electron chi connectivity index (χ4n) is 2.24. The summed E-state index contributed by atoms with van der Waals surface area (Å²) in [4.78, 5) is 0.